The highest BCUT2D eigenvalue weighted by Gasteiger charge is 2.32. The zero-order valence-corrected chi connectivity index (χ0v) is 15.9. The lowest BCUT2D eigenvalue weighted by atomic mass is 9.91. The predicted octanol–water partition coefficient (Wildman–Crippen LogP) is 3.96. The smallest absolute Gasteiger partial charge is 0.416 e. The topological polar surface area (TPSA) is 108 Å². The number of hydrogen-bond donors (Lipinski definition) is 3. The second kappa shape index (κ2) is 8.25. The molecule has 0 spiro atoms. The molecule has 1 aliphatic rings. The highest BCUT2D eigenvalue weighted by atomic mass is 19.4. The van der Waals surface area contributed by atoms with Gasteiger partial charge < -0.3 is 16.2 Å². The molecule has 1 saturated carbocycles. The van der Waals surface area contributed by atoms with Crippen LogP contribution in [0.25, 0.3) is 11.4 Å². The molecule has 4 N–H and O–H groups in total. The zero-order valence-electron chi connectivity index (χ0n) is 15.9. The summed E-state index contributed by atoms with van der Waals surface area (Å²) in [6.07, 6.45) is -0.0814. The number of phenolic OH excluding ortho intramolecular Hbond substituents is 1. The number of nitrogens with zero attached hydrogens (tertiary/aromatic N) is 3. The zero-order chi connectivity index (χ0) is 21.2. The number of nitrogen functional groups attached to an aromatic ring is 1. The third-order valence-corrected chi connectivity index (χ3v) is 5.36. The molecule has 0 radical (unpaired) electrons. The molecular weight excluding hydrogens is 383 g/mol. The lowest BCUT2D eigenvalue weighted by molar-refractivity contribution is -0.137. The van der Waals surface area contributed by atoms with E-state index in [9.17, 15) is 23.5 Å². The number of hydrogen-bond acceptors (Lipinski definition) is 6. The van der Waals surface area contributed by atoms with Gasteiger partial charge in [-0.15, -0.1) is 0 Å². The SMILES string of the molecule is CNC1CCCCC(c2nc(-c3cc(C(F)(F)F)ccc3O)nc(N)c2C#N)C1. The van der Waals surface area contributed by atoms with Crippen molar-refractivity contribution < 1.29 is 18.3 Å². The van der Waals surface area contributed by atoms with Gasteiger partial charge >= 0.3 is 6.18 Å². The summed E-state index contributed by atoms with van der Waals surface area (Å²) in [5.41, 5.74) is 5.43. The number of benzene rings is 1. The van der Waals surface area contributed by atoms with Crippen molar-refractivity contribution in [2.24, 2.45) is 0 Å². The number of alkyl halides is 3. The Labute approximate surface area is 166 Å². The van der Waals surface area contributed by atoms with Crippen molar-refractivity contribution in [3.8, 4) is 23.2 Å². The van der Waals surface area contributed by atoms with E-state index in [4.69, 9.17) is 5.73 Å². The fourth-order valence-corrected chi connectivity index (χ4v) is 3.79. The summed E-state index contributed by atoms with van der Waals surface area (Å²) < 4.78 is 39.3. The fourth-order valence-electron chi connectivity index (χ4n) is 3.79. The minimum Gasteiger partial charge on any atom is -0.507 e. The standard InChI is InChI=1S/C20H22F3N5O/c1-26-13-5-3-2-4-11(8-13)17-15(10-24)18(25)28-19(27-17)14-9-12(20(21,22)23)6-7-16(14)29/h6-7,9,11,13,26,29H,2-5,8H2,1H3,(H2,25,27,28). The van der Waals surface area contributed by atoms with Crippen LogP contribution in [-0.4, -0.2) is 28.2 Å². The molecule has 1 aliphatic carbocycles. The predicted molar refractivity (Wildman–Crippen MR) is 102 cm³/mol. The van der Waals surface area contributed by atoms with Gasteiger partial charge in [0.05, 0.1) is 16.8 Å². The monoisotopic (exact) mass is 405 g/mol. The van der Waals surface area contributed by atoms with Crippen LogP contribution in [0.2, 0.25) is 0 Å². The van der Waals surface area contributed by atoms with Gasteiger partial charge in [-0.25, -0.2) is 9.97 Å². The summed E-state index contributed by atoms with van der Waals surface area (Å²) in [7, 11) is 1.87. The molecule has 3 rings (SSSR count). The van der Waals surface area contributed by atoms with E-state index < -0.39 is 11.7 Å². The number of anilines is 1. The summed E-state index contributed by atoms with van der Waals surface area (Å²) in [5, 5.41) is 23.0. The van der Waals surface area contributed by atoms with Crippen LogP contribution >= 0.6 is 0 Å². The van der Waals surface area contributed by atoms with E-state index in [2.05, 4.69) is 15.3 Å². The molecule has 2 aromatic rings. The normalized spacial score (nSPS) is 20.1. The van der Waals surface area contributed by atoms with Gasteiger partial charge in [0.15, 0.2) is 5.82 Å². The maximum atomic E-state index is 13.1. The second-order valence-electron chi connectivity index (χ2n) is 7.24. The van der Waals surface area contributed by atoms with Crippen LogP contribution in [0, 0.1) is 11.3 Å². The molecule has 1 fully saturated rings. The van der Waals surface area contributed by atoms with Crippen LogP contribution in [-0.2, 0) is 6.18 Å². The Kier molecular flexibility index (Phi) is 5.94. The molecule has 9 heteroatoms. The number of aromatic hydroxyl groups is 1. The highest BCUT2D eigenvalue weighted by Crippen LogP contribution is 2.38. The molecule has 0 bridgehead atoms. The van der Waals surface area contributed by atoms with Crippen molar-refractivity contribution in [2.45, 2.75) is 50.2 Å². The number of aromatic nitrogens is 2. The quantitative estimate of drug-likeness (QED) is 0.667. The molecule has 1 aromatic carbocycles. The molecule has 0 amide bonds. The summed E-state index contributed by atoms with van der Waals surface area (Å²) in [6, 6.07) is 4.82. The molecule has 1 heterocycles. The van der Waals surface area contributed by atoms with Crippen molar-refractivity contribution in [3.63, 3.8) is 0 Å². The Balaban J connectivity index is 2.13. The molecule has 29 heavy (non-hydrogen) atoms. The van der Waals surface area contributed by atoms with Crippen LogP contribution in [0.4, 0.5) is 19.0 Å². The Hall–Kier alpha value is -2.86. The first-order chi connectivity index (χ1) is 13.7. The summed E-state index contributed by atoms with van der Waals surface area (Å²) in [4.78, 5) is 8.44. The van der Waals surface area contributed by atoms with E-state index in [1.54, 1.807) is 0 Å². The number of nitrogens with one attached hydrogen (secondary N) is 1. The van der Waals surface area contributed by atoms with E-state index in [1.807, 2.05) is 13.1 Å². The molecule has 2 atom stereocenters. The lowest BCUT2D eigenvalue weighted by Gasteiger charge is -2.21. The first-order valence-electron chi connectivity index (χ1n) is 9.40. The van der Waals surface area contributed by atoms with Gasteiger partial charge in [0.2, 0.25) is 0 Å². The van der Waals surface area contributed by atoms with Crippen LogP contribution in [0.5, 0.6) is 5.75 Å². The molecule has 0 saturated heterocycles. The van der Waals surface area contributed by atoms with Crippen molar-refractivity contribution >= 4 is 5.82 Å². The second-order valence-corrected chi connectivity index (χ2v) is 7.24. The molecule has 1 aromatic heterocycles. The van der Waals surface area contributed by atoms with Gasteiger partial charge in [0.25, 0.3) is 0 Å². The number of nitriles is 1. The Morgan fingerprint density at radius 3 is 2.62 bits per heavy atom. The Morgan fingerprint density at radius 2 is 1.97 bits per heavy atom. The molecule has 154 valence electrons. The lowest BCUT2D eigenvalue weighted by Crippen LogP contribution is -2.26. The number of halogens is 3. The third-order valence-electron chi connectivity index (χ3n) is 5.36. The van der Waals surface area contributed by atoms with Gasteiger partial charge in [-0.1, -0.05) is 12.8 Å². The van der Waals surface area contributed by atoms with E-state index in [-0.39, 0.29) is 40.5 Å². The van der Waals surface area contributed by atoms with Gasteiger partial charge in [-0.3, -0.25) is 0 Å². The minimum absolute atomic E-state index is 0.0819. The average molecular weight is 405 g/mol. The van der Waals surface area contributed by atoms with Crippen molar-refractivity contribution in [2.75, 3.05) is 12.8 Å². The third kappa shape index (κ3) is 4.43. The van der Waals surface area contributed by atoms with Crippen LogP contribution in [0.15, 0.2) is 18.2 Å². The van der Waals surface area contributed by atoms with Crippen LogP contribution in [0.3, 0.4) is 0 Å². The van der Waals surface area contributed by atoms with Crippen LogP contribution < -0.4 is 11.1 Å². The van der Waals surface area contributed by atoms with Crippen LogP contribution in [0.1, 0.15) is 54.8 Å². The average Bonchev–Trinajstić information content (AvgIpc) is 2.92. The van der Waals surface area contributed by atoms with Gasteiger partial charge in [0, 0.05) is 12.0 Å². The summed E-state index contributed by atoms with van der Waals surface area (Å²) in [6.45, 7) is 0. The van der Waals surface area contributed by atoms with Gasteiger partial charge in [0.1, 0.15) is 23.2 Å². The van der Waals surface area contributed by atoms with E-state index >= 15 is 0 Å². The minimum atomic E-state index is -4.58. The molecule has 6 nitrogen and oxygen atoms in total. The van der Waals surface area contributed by atoms with E-state index in [0.717, 1.165) is 50.3 Å². The van der Waals surface area contributed by atoms with Gasteiger partial charge in [-0.05, 0) is 44.5 Å². The molecule has 2 unspecified atom stereocenters. The number of rotatable bonds is 3. The maximum Gasteiger partial charge on any atom is 0.416 e. The fraction of sp³-hybridized carbons (Fsp3) is 0.450. The highest BCUT2D eigenvalue weighted by molar-refractivity contribution is 5.68. The molecule has 0 aliphatic heterocycles. The Bertz CT molecular complexity index is 939. The first-order valence-corrected chi connectivity index (χ1v) is 9.40. The first kappa shape index (κ1) is 20.9. The van der Waals surface area contributed by atoms with Crippen molar-refractivity contribution in [1.82, 2.24) is 15.3 Å². The van der Waals surface area contributed by atoms with Crippen molar-refractivity contribution in [3.05, 3.63) is 35.0 Å². The largest absolute Gasteiger partial charge is 0.507 e. The van der Waals surface area contributed by atoms with Crippen molar-refractivity contribution in [1.29, 1.82) is 5.26 Å². The Morgan fingerprint density at radius 1 is 1.24 bits per heavy atom. The van der Waals surface area contributed by atoms with E-state index in [1.165, 1.54) is 0 Å². The van der Waals surface area contributed by atoms with E-state index in [0.29, 0.717) is 5.69 Å². The summed E-state index contributed by atoms with van der Waals surface area (Å²) in [5.74, 6) is -0.691. The summed E-state index contributed by atoms with van der Waals surface area (Å²) >= 11 is 0. The number of nitrogens with two attached hydrogens (primary N) is 1. The van der Waals surface area contributed by atoms with Gasteiger partial charge in [-0.2, -0.15) is 18.4 Å². The maximum absolute atomic E-state index is 13.1. The number of phenols is 1. The molecular formula is C20H22F3N5O.